The highest BCUT2D eigenvalue weighted by Crippen LogP contribution is 2.32. The van der Waals surface area contributed by atoms with Gasteiger partial charge in [-0.05, 0) is 43.5 Å². The van der Waals surface area contributed by atoms with Crippen molar-refractivity contribution in [2.75, 3.05) is 25.0 Å². The zero-order valence-electron chi connectivity index (χ0n) is 9.63. The molecule has 2 saturated heterocycles. The van der Waals surface area contributed by atoms with Gasteiger partial charge in [0.05, 0.1) is 10.7 Å². The number of hydrogen-bond acceptors (Lipinski definition) is 2. The average molecular weight is 316 g/mol. The highest BCUT2D eigenvalue weighted by atomic mass is 79.9. The Balaban J connectivity index is 1.73. The highest BCUT2D eigenvalue weighted by molar-refractivity contribution is 9.10. The lowest BCUT2D eigenvalue weighted by Crippen LogP contribution is -2.39. The summed E-state index contributed by atoms with van der Waals surface area (Å²) in [6.45, 7) is 3.76. The smallest absolute Gasteiger partial charge is 0.0648 e. The fraction of sp³-hybridized carbons (Fsp3) is 0.538. The van der Waals surface area contributed by atoms with E-state index in [1.54, 1.807) is 0 Å². The zero-order chi connectivity index (χ0) is 11.8. The lowest BCUT2D eigenvalue weighted by Gasteiger charge is -2.32. The molecule has 4 heteroatoms. The van der Waals surface area contributed by atoms with Crippen LogP contribution in [0.2, 0.25) is 5.02 Å². The molecule has 1 N–H and O–H groups in total. The van der Waals surface area contributed by atoms with Crippen LogP contribution in [0.25, 0.3) is 0 Å². The van der Waals surface area contributed by atoms with Crippen LogP contribution in [0.5, 0.6) is 0 Å². The largest absolute Gasteiger partial charge is 0.381 e. The molecule has 17 heavy (non-hydrogen) atoms. The Morgan fingerprint density at radius 3 is 2.94 bits per heavy atom. The molecular weight excluding hydrogens is 300 g/mol. The van der Waals surface area contributed by atoms with E-state index in [1.165, 1.54) is 32.5 Å². The number of halogens is 2. The van der Waals surface area contributed by atoms with Gasteiger partial charge >= 0.3 is 0 Å². The van der Waals surface area contributed by atoms with Crippen molar-refractivity contribution in [2.45, 2.75) is 18.9 Å². The molecule has 3 rings (SSSR count). The average Bonchev–Trinajstić information content (AvgIpc) is 2.69. The van der Waals surface area contributed by atoms with Crippen LogP contribution in [0.3, 0.4) is 0 Å². The molecule has 2 heterocycles. The van der Waals surface area contributed by atoms with Gasteiger partial charge in [-0.25, -0.2) is 0 Å². The lowest BCUT2D eigenvalue weighted by atomic mass is 9.94. The summed E-state index contributed by atoms with van der Waals surface area (Å²) in [6.07, 6.45) is 2.56. The number of rotatable bonds is 2. The summed E-state index contributed by atoms with van der Waals surface area (Å²) >= 11 is 9.68. The molecule has 1 aromatic carbocycles. The summed E-state index contributed by atoms with van der Waals surface area (Å²) < 4.78 is 1.03. The minimum absolute atomic E-state index is 0.590. The number of nitrogens with one attached hydrogen (secondary N) is 1. The van der Waals surface area contributed by atoms with E-state index in [-0.39, 0.29) is 0 Å². The molecular formula is C13H16BrClN2. The molecule has 3 unspecified atom stereocenters. The third-order valence-electron chi connectivity index (χ3n) is 3.91. The first-order valence-electron chi connectivity index (χ1n) is 6.16. The van der Waals surface area contributed by atoms with Gasteiger partial charge in [-0.15, -0.1) is 0 Å². The van der Waals surface area contributed by atoms with Gasteiger partial charge in [0.1, 0.15) is 0 Å². The number of piperidine rings is 1. The third kappa shape index (κ3) is 2.47. The topological polar surface area (TPSA) is 15.3 Å². The van der Waals surface area contributed by atoms with E-state index in [2.05, 4.69) is 32.2 Å². The summed E-state index contributed by atoms with van der Waals surface area (Å²) in [5, 5.41) is 4.43. The third-order valence-corrected chi connectivity index (χ3v) is 4.71. The van der Waals surface area contributed by atoms with Crippen molar-refractivity contribution < 1.29 is 0 Å². The van der Waals surface area contributed by atoms with E-state index in [9.17, 15) is 0 Å². The van der Waals surface area contributed by atoms with E-state index in [0.717, 1.165) is 21.1 Å². The molecule has 2 fully saturated rings. The Bertz CT molecular complexity index is 424. The predicted octanol–water partition coefficient (Wildman–Crippen LogP) is 3.61. The Morgan fingerprint density at radius 2 is 2.12 bits per heavy atom. The van der Waals surface area contributed by atoms with Crippen molar-refractivity contribution in [2.24, 2.45) is 5.92 Å². The maximum absolute atomic E-state index is 6.25. The molecule has 0 radical (unpaired) electrons. The second-order valence-electron chi connectivity index (χ2n) is 5.01. The van der Waals surface area contributed by atoms with Gasteiger partial charge in [0, 0.05) is 23.6 Å². The first kappa shape index (κ1) is 11.8. The molecule has 0 saturated carbocycles. The molecule has 0 aromatic heterocycles. The van der Waals surface area contributed by atoms with Crippen LogP contribution in [0.4, 0.5) is 5.69 Å². The number of anilines is 1. The zero-order valence-corrected chi connectivity index (χ0v) is 12.0. The minimum Gasteiger partial charge on any atom is -0.381 e. The summed E-state index contributed by atoms with van der Waals surface area (Å²) in [5.41, 5.74) is 1.07. The second kappa shape index (κ2) is 4.79. The van der Waals surface area contributed by atoms with Crippen LogP contribution in [0.1, 0.15) is 12.8 Å². The molecule has 2 aliphatic rings. The van der Waals surface area contributed by atoms with E-state index in [0.29, 0.717) is 6.04 Å². The van der Waals surface area contributed by atoms with E-state index >= 15 is 0 Å². The fourth-order valence-electron chi connectivity index (χ4n) is 2.95. The Labute approximate surface area is 115 Å². The molecule has 3 atom stereocenters. The lowest BCUT2D eigenvalue weighted by molar-refractivity contribution is 0.255. The molecule has 0 aliphatic carbocycles. The van der Waals surface area contributed by atoms with Crippen LogP contribution in [0.15, 0.2) is 22.7 Å². The monoisotopic (exact) mass is 314 g/mol. The van der Waals surface area contributed by atoms with Crippen molar-refractivity contribution in [1.82, 2.24) is 4.90 Å². The van der Waals surface area contributed by atoms with Crippen LogP contribution >= 0.6 is 27.5 Å². The molecule has 0 spiro atoms. The van der Waals surface area contributed by atoms with E-state index in [4.69, 9.17) is 11.6 Å². The molecule has 2 bridgehead atoms. The second-order valence-corrected chi connectivity index (χ2v) is 6.34. The number of nitrogens with zero attached hydrogens (tertiary/aromatic N) is 1. The van der Waals surface area contributed by atoms with Gasteiger partial charge in [0.15, 0.2) is 0 Å². The first-order chi connectivity index (χ1) is 8.22. The Morgan fingerprint density at radius 1 is 1.29 bits per heavy atom. The number of hydrogen-bond donors (Lipinski definition) is 1. The van der Waals surface area contributed by atoms with Gasteiger partial charge in [-0.3, -0.25) is 0 Å². The highest BCUT2D eigenvalue weighted by Gasteiger charge is 2.34. The van der Waals surface area contributed by atoms with Crippen molar-refractivity contribution in [3.05, 3.63) is 27.7 Å². The SMILES string of the molecule is Clc1cc(Br)ccc1NC1CCN2CCC1C2. The first-order valence-corrected chi connectivity index (χ1v) is 7.33. The van der Waals surface area contributed by atoms with Crippen LogP contribution in [0, 0.1) is 5.92 Å². The molecule has 92 valence electrons. The van der Waals surface area contributed by atoms with Gasteiger partial charge in [0.2, 0.25) is 0 Å². The van der Waals surface area contributed by atoms with Gasteiger partial charge < -0.3 is 10.2 Å². The maximum atomic E-state index is 6.25. The summed E-state index contributed by atoms with van der Waals surface area (Å²) in [7, 11) is 0. The van der Waals surface area contributed by atoms with Crippen molar-refractivity contribution in [3.63, 3.8) is 0 Å². The Hall–Kier alpha value is -0.250. The van der Waals surface area contributed by atoms with Crippen LogP contribution in [-0.4, -0.2) is 30.6 Å². The Kier molecular flexibility index (Phi) is 3.33. The number of benzene rings is 1. The predicted molar refractivity (Wildman–Crippen MR) is 75.7 cm³/mol. The molecule has 0 amide bonds. The standard InChI is InChI=1S/C13H16BrClN2/c14-10-1-2-13(11(15)7-10)16-12-4-6-17-5-3-9(12)8-17/h1-2,7,9,12,16H,3-6,8H2. The van der Waals surface area contributed by atoms with Gasteiger partial charge in [-0.1, -0.05) is 27.5 Å². The van der Waals surface area contributed by atoms with Crippen molar-refractivity contribution >= 4 is 33.2 Å². The van der Waals surface area contributed by atoms with Crippen LogP contribution in [-0.2, 0) is 0 Å². The minimum atomic E-state index is 0.590. The maximum Gasteiger partial charge on any atom is 0.0648 e. The fourth-order valence-corrected chi connectivity index (χ4v) is 3.68. The van der Waals surface area contributed by atoms with Gasteiger partial charge in [-0.2, -0.15) is 0 Å². The number of fused-ring (bicyclic) bond motifs is 2. The normalized spacial score (nSPS) is 31.5. The van der Waals surface area contributed by atoms with Gasteiger partial charge in [0.25, 0.3) is 0 Å². The van der Waals surface area contributed by atoms with Crippen molar-refractivity contribution in [3.8, 4) is 0 Å². The van der Waals surface area contributed by atoms with E-state index < -0.39 is 0 Å². The summed E-state index contributed by atoms with van der Waals surface area (Å²) in [6, 6.07) is 6.65. The molecule has 2 aliphatic heterocycles. The van der Waals surface area contributed by atoms with E-state index in [1.807, 2.05) is 12.1 Å². The molecule has 2 nitrogen and oxygen atoms in total. The quantitative estimate of drug-likeness (QED) is 0.897. The van der Waals surface area contributed by atoms with Crippen LogP contribution < -0.4 is 5.32 Å². The van der Waals surface area contributed by atoms with Crippen molar-refractivity contribution in [1.29, 1.82) is 0 Å². The summed E-state index contributed by atoms with van der Waals surface area (Å²) in [5.74, 6) is 0.795. The summed E-state index contributed by atoms with van der Waals surface area (Å²) in [4.78, 5) is 2.56. The molecule has 1 aromatic rings.